The van der Waals surface area contributed by atoms with Crippen molar-refractivity contribution < 1.29 is 19.1 Å². The zero-order valence-electron chi connectivity index (χ0n) is 24.4. The molecule has 4 aromatic rings. The number of likely N-dealkylation sites (tertiary alicyclic amines) is 1. The zero-order valence-corrected chi connectivity index (χ0v) is 25.9. The Morgan fingerprint density at radius 1 is 0.750 bits per heavy atom. The van der Waals surface area contributed by atoms with Gasteiger partial charge in [0, 0.05) is 5.69 Å². The van der Waals surface area contributed by atoms with Crippen LogP contribution in [0.4, 0.5) is 5.69 Å². The van der Waals surface area contributed by atoms with E-state index in [0.29, 0.717) is 17.2 Å². The maximum Gasteiger partial charge on any atom is 0.247 e. The minimum Gasteiger partial charge on any atom is -0.457 e. The molecule has 44 heavy (non-hydrogen) atoms. The van der Waals surface area contributed by atoms with E-state index < -0.39 is 45.3 Å². The molecule has 1 heterocycles. The SMILES string of the molecule is Cc1cccc(Oc2ccc(NC(=O)[C@H](C(C)C)N3C(=O)[C@@H]4[C@@H](C3=O)C3(Cl)c5ccccc5C4(Cl)c4ccccc43)cc2)c1. The van der Waals surface area contributed by atoms with Gasteiger partial charge in [-0.25, -0.2) is 0 Å². The lowest BCUT2D eigenvalue weighted by atomic mass is 9.54. The van der Waals surface area contributed by atoms with Gasteiger partial charge in [0.15, 0.2) is 0 Å². The van der Waals surface area contributed by atoms with Gasteiger partial charge in [0.25, 0.3) is 0 Å². The van der Waals surface area contributed by atoms with Crippen molar-refractivity contribution in [1.82, 2.24) is 4.90 Å². The number of alkyl halides is 2. The fourth-order valence-electron chi connectivity index (χ4n) is 7.32. The lowest BCUT2D eigenvalue weighted by molar-refractivity contribution is -0.148. The van der Waals surface area contributed by atoms with E-state index in [0.717, 1.165) is 32.7 Å². The highest BCUT2D eigenvalue weighted by molar-refractivity contribution is 6.36. The Kier molecular flexibility index (Phi) is 6.65. The Balaban J connectivity index is 1.21. The predicted octanol–water partition coefficient (Wildman–Crippen LogP) is 7.34. The third-order valence-corrected chi connectivity index (χ3v) is 10.4. The van der Waals surface area contributed by atoms with Crippen molar-refractivity contribution in [3.63, 3.8) is 0 Å². The van der Waals surface area contributed by atoms with Crippen molar-refractivity contribution in [2.24, 2.45) is 17.8 Å². The third kappa shape index (κ3) is 3.97. The monoisotopic (exact) mass is 624 g/mol. The average molecular weight is 626 g/mol. The molecule has 4 aromatic carbocycles. The van der Waals surface area contributed by atoms with Crippen LogP contribution in [-0.2, 0) is 24.1 Å². The van der Waals surface area contributed by atoms with E-state index in [9.17, 15) is 14.4 Å². The molecule has 3 atom stereocenters. The van der Waals surface area contributed by atoms with Gasteiger partial charge in [-0.2, -0.15) is 0 Å². The second-order valence-corrected chi connectivity index (χ2v) is 13.3. The number of nitrogens with zero attached hydrogens (tertiary/aromatic N) is 1. The van der Waals surface area contributed by atoms with E-state index in [1.54, 1.807) is 24.3 Å². The number of carbonyl (C=O) groups excluding carboxylic acids is 3. The number of ether oxygens (including phenoxy) is 1. The molecule has 2 bridgehead atoms. The van der Waals surface area contributed by atoms with Crippen LogP contribution >= 0.6 is 23.2 Å². The molecular formula is C36H30Cl2N2O4. The van der Waals surface area contributed by atoms with E-state index in [1.165, 1.54) is 0 Å². The summed E-state index contributed by atoms with van der Waals surface area (Å²) in [5.74, 6) is -2.44. The molecule has 6 nitrogen and oxygen atoms in total. The fourth-order valence-corrected chi connectivity index (χ4v) is 8.42. The fraction of sp³-hybridized carbons (Fsp3) is 0.250. The molecule has 1 saturated heterocycles. The summed E-state index contributed by atoms with van der Waals surface area (Å²) >= 11 is 15.1. The largest absolute Gasteiger partial charge is 0.457 e. The first-order valence-electron chi connectivity index (χ1n) is 14.7. The molecule has 1 N–H and O–H groups in total. The van der Waals surface area contributed by atoms with Gasteiger partial charge in [-0.1, -0.05) is 74.5 Å². The number of anilines is 1. The zero-order chi connectivity index (χ0) is 31.0. The molecule has 0 saturated carbocycles. The number of nitrogens with one attached hydrogen (secondary N) is 1. The van der Waals surface area contributed by atoms with Gasteiger partial charge in [0.05, 0.1) is 11.8 Å². The number of halogens is 2. The molecule has 3 amide bonds. The lowest BCUT2D eigenvalue weighted by Gasteiger charge is -2.54. The molecule has 8 rings (SSSR count). The van der Waals surface area contributed by atoms with Crippen LogP contribution in [0.1, 0.15) is 41.7 Å². The Morgan fingerprint density at radius 3 is 1.70 bits per heavy atom. The molecule has 1 aliphatic heterocycles. The van der Waals surface area contributed by atoms with Crippen molar-refractivity contribution in [2.75, 3.05) is 5.32 Å². The van der Waals surface area contributed by atoms with Gasteiger partial charge in [0.2, 0.25) is 17.7 Å². The Hall–Kier alpha value is -4.13. The molecule has 0 radical (unpaired) electrons. The van der Waals surface area contributed by atoms with Crippen LogP contribution in [0.3, 0.4) is 0 Å². The van der Waals surface area contributed by atoms with Crippen molar-refractivity contribution in [1.29, 1.82) is 0 Å². The molecule has 222 valence electrons. The van der Waals surface area contributed by atoms with Gasteiger partial charge < -0.3 is 10.1 Å². The first-order valence-corrected chi connectivity index (χ1v) is 15.4. The van der Waals surface area contributed by atoms with Crippen LogP contribution < -0.4 is 10.1 Å². The van der Waals surface area contributed by atoms with Crippen LogP contribution in [0.15, 0.2) is 97.1 Å². The molecule has 1 fully saturated rings. The van der Waals surface area contributed by atoms with Crippen molar-refractivity contribution in [3.8, 4) is 11.5 Å². The highest BCUT2D eigenvalue weighted by Gasteiger charge is 2.73. The highest BCUT2D eigenvalue weighted by Crippen LogP contribution is 2.69. The van der Waals surface area contributed by atoms with Gasteiger partial charge in [0.1, 0.15) is 27.3 Å². The van der Waals surface area contributed by atoms with Crippen LogP contribution in [0.5, 0.6) is 11.5 Å². The van der Waals surface area contributed by atoms with E-state index in [4.69, 9.17) is 27.9 Å². The lowest BCUT2D eigenvalue weighted by Crippen LogP contribution is -2.57. The quantitative estimate of drug-likeness (QED) is 0.180. The van der Waals surface area contributed by atoms with Gasteiger partial charge in [-0.15, -0.1) is 23.2 Å². The van der Waals surface area contributed by atoms with Crippen molar-refractivity contribution in [3.05, 3.63) is 125 Å². The number of hydrogen-bond acceptors (Lipinski definition) is 4. The van der Waals surface area contributed by atoms with Gasteiger partial charge >= 0.3 is 0 Å². The topological polar surface area (TPSA) is 75.7 Å². The maximum absolute atomic E-state index is 14.4. The Bertz CT molecular complexity index is 1710. The summed E-state index contributed by atoms with van der Waals surface area (Å²) in [5.41, 5.74) is 4.47. The van der Waals surface area contributed by atoms with Crippen LogP contribution in [0.25, 0.3) is 0 Å². The Labute approximate surface area is 265 Å². The maximum atomic E-state index is 14.4. The van der Waals surface area contributed by atoms with Crippen molar-refractivity contribution in [2.45, 2.75) is 36.6 Å². The highest BCUT2D eigenvalue weighted by atomic mass is 35.5. The molecule has 8 heteroatoms. The number of imide groups is 1. The first kappa shape index (κ1) is 28.6. The number of aryl methyl sites for hydroxylation is 1. The molecule has 3 aliphatic carbocycles. The minimum absolute atomic E-state index is 0.382. The standard InChI is InChI=1S/C36H30Cl2N2O4/c1-20(2)31(32(41)39-22-15-17-23(18-16-22)44-24-10-8-9-21(3)19-24)40-33(42)29-30(34(40)43)36(38)26-12-5-4-11-25(26)35(29,37)27-13-6-7-14-28(27)36/h4-20,29-31H,1-3H3,(H,39,41)/t29-,30-,31-,35?,36?/m0/s1. The summed E-state index contributed by atoms with van der Waals surface area (Å²) in [4.78, 5) is 41.2. The summed E-state index contributed by atoms with van der Waals surface area (Å²) in [6, 6.07) is 28.6. The summed E-state index contributed by atoms with van der Waals surface area (Å²) in [7, 11) is 0. The molecule has 4 aliphatic rings. The average Bonchev–Trinajstić information content (AvgIpc) is 3.27. The summed E-state index contributed by atoms with van der Waals surface area (Å²) in [5, 5.41) is 2.91. The van der Waals surface area contributed by atoms with Gasteiger partial charge in [-0.05, 0) is 77.1 Å². The Morgan fingerprint density at radius 2 is 1.25 bits per heavy atom. The third-order valence-electron chi connectivity index (χ3n) is 9.14. The van der Waals surface area contributed by atoms with E-state index in [-0.39, 0.29) is 5.92 Å². The van der Waals surface area contributed by atoms with Crippen LogP contribution in [0.2, 0.25) is 0 Å². The summed E-state index contributed by atoms with van der Waals surface area (Å²) in [6.45, 7) is 5.62. The second-order valence-electron chi connectivity index (χ2n) is 12.1. The normalized spacial score (nSPS) is 25.4. The summed E-state index contributed by atoms with van der Waals surface area (Å²) in [6.07, 6.45) is 0. The minimum atomic E-state index is -1.30. The number of amides is 3. The van der Waals surface area contributed by atoms with E-state index >= 15 is 0 Å². The number of benzene rings is 4. The molecule has 0 spiro atoms. The van der Waals surface area contributed by atoms with Crippen molar-refractivity contribution >= 4 is 46.6 Å². The van der Waals surface area contributed by atoms with E-state index in [1.807, 2.05) is 93.6 Å². The van der Waals surface area contributed by atoms with E-state index in [2.05, 4.69) is 5.32 Å². The molecule has 0 aromatic heterocycles. The molecular weight excluding hydrogens is 595 g/mol. The number of hydrogen-bond donors (Lipinski definition) is 1. The number of rotatable bonds is 6. The smallest absolute Gasteiger partial charge is 0.247 e. The molecule has 0 unspecified atom stereocenters. The predicted molar refractivity (Wildman–Crippen MR) is 170 cm³/mol. The summed E-state index contributed by atoms with van der Waals surface area (Å²) < 4.78 is 5.93. The van der Waals surface area contributed by atoms with Crippen LogP contribution in [-0.4, -0.2) is 28.7 Å². The second kappa shape index (κ2) is 10.2. The van der Waals surface area contributed by atoms with Gasteiger partial charge in [-0.3, -0.25) is 19.3 Å². The van der Waals surface area contributed by atoms with Crippen LogP contribution in [0, 0.1) is 24.7 Å². The number of carbonyl (C=O) groups is 3. The first-order chi connectivity index (χ1) is 21.1.